The smallest absolute Gasteiger partial charge is 0.225 e. The zero-order valence-corrected chi connectivity index (χ0v) is 14.0. The summed E-state index contributed by atoms with van der Waals surface area (Å²) in [6.45, 7) is 1.13. The first-order chi connectivity index (χ1) is 11.7. The van der Waals surface area contributed by atoms with E-state index in [-0.39, 0.29) is 29.6 Å². The molecule has 5 heteroatoms. The molecular weight excluding hydrogens is 304 g/mol. The summed E-state index contributed by atoms with van der Waals surface area (Å²) in [6, 6.07) is 8.19. The van der Waals surface area contributed by atoms with Crippen LogP contribution in [0.2, 0.25) is 0 Å². The Labute approximate surface area is 142 Å². The highest BCUT2D eigenvalue weighted by atomic mass is 16.5. The van der Waals surface area contributed by atoms with Crippen molar-refractivity contribution >= 4 is 11.8 Å². The SMILES string of the molecule is COc1ccccc1[C@@H]1CN(C(=O)C2CC2)C[C@H]1C(=O)NC1CC1. The van der Waals surface area contributed by atoms with E-state index in [0.29, 0.717) is 19.1 Å². The van der Waals surface area contributed by atoms with Gasteiger partial charge in [-0.3, -0.25) is 9.59 Å². The van der Waals surface area contributed by atoms with Crippen LogP contribution in [0.1, 0.15) is 37.2 Å². The fourth-order valence-electron chi connectivity index (χ4n) is 3.66. The average Bonchev–Trinajstić information content (AvgIpc) is 3.52. The summed E-state index contributed by atoms with van der Waals surface area (Å²) in [5.41, 5.74) is 1.03. The Hall–Kier alpha value is -2.04. The zero-order valence-electron chi connectivity index (χ0n) is 14.0. The van der Waals surface area contributed by atoms with Gasteiger partial charge in [0.25, 0.3) is 0 Å². The molecule has 0 radical (unpaired) electrons. The summed E-state index contributed by atoms with van der Waals surface area (Å²) in [5, 5.41) is 3.12. The van der Waals surface area contributed by atoms with Crippen molar-refractivity contribution in [2.24, 2.45) is 11.8 Å². The number of ether oxygens (including phenoxy) is 1. The van der Waals surface area contributed by atoms with Crippen molar-refractivity contribution in [2.45, 2.75) is 37.6 Å². The van der Waals surface area contributed by atoms with Crippen LogP contribution in [-0.4, -0.2) is 43.0 Å². The molecule has 2 amide bonds. The van der Waals surface area contributed by atoms with Gasteiger partial charge in [0.1, 0.15) is 5.75 Å². The van der Waals surface area contributed by atoms with Gasteiger partial charge in [-0.05, 0) is 37.3 Å². The minimum Gasteiger partial charge on any atom is -0.496 e. The van der Waals surface area contributed by atoms with Gasteiger partial charge in [0.15, 0.2) is 0 Å². The highest BCUT2D eigenvalue weighted by Gasteiger charge is 2.45. The molecule has 2 saturated carbocycles. The van der Waals surface area contributed by atoms with E-state index in [1.165, 1.54) is 0 Å². The minimum atomic E-state index is -0.190. The number of carbonyl (C=O) groups is 2. The lowest BCUT2D eigenvalue weighted by Gasteiger charge is -2.20. The third kappa shape index (κ3) is 2.99. The second-order valence-corrected chi connectivity index (χ2v) is 7.26. The number of para-hydroxylation sites is 1. The van der Waals surface area contributed by atoms with Crippen molar-refractivity contribution < 1.29 is 14.3 Å². The Bertz CT molecular complexity index is 652. The van der Waals surface area contributed by atoms with Crippen LogP contribution < -0.4 is 10.1 Å². The van der Waals surface area contributed by atoms with Crippen molar-refractivity contribution in [3.63, 3.8) is 0 Å². The molecule has 0 bridgehead atoms. The van der Waals surface area contributed by atoms with E-state index in [2.05, 4.69) is 5.32 Å². The quantitative estimate of drug-likeness (QED) is 0.898. The molecule has 24 heavy (non-hydrogen) atoms. The summed E-state index contributed by atoms with van der Waals surface area (Å²) in [5.74, 6) is 1.10. The van der Waals surface area contributed by atoms with Gasteiger partial charge in [0, 0.05) is 31.0 Å². The number of hydrogen-bond donors (Lipinski definition) is 1. The molecule has 1 aliphatic heterocycles. The summed E-state index contributed by atoms with van der Waals surface area (Å²) in [6.07, 6.45) is 4.13. The van der Waals surface area contributed by atoms with Gasteiger partial charge in [0.2, 0.25) is 11.8 Å². The van der Waals surface area contributed by atoms with E-state index in [1.54, 1.807) is 7.11 Å². The highest BCUT2D eigenvalue weighted by Crippen LogP contribution is 2.40. The molecule has 0 spiro atoms. The van der Waals surface area contributed by atoms with Gasteiger partial charge in [-0.25, -0.2) is 0 Å². The molecule has 0 unspecified atom stereocenters. The Morgan fingerprint density at radius 3 is 2.54 bits per heavy atom. The molecule has 1 aromatic rings. The van der Waals surface area contributed by atoms with Crippen molar-refractivity contribution in [1.82, 2.24) is 10.2 Å². The van der Waals surface area contributed by atoms with Crippen molar-refractivity contribution in [3.05, 3.63) is 29.8 Å². The second kappa shape index (κ2) is 6.11. The van der Waals surface area contributed by atoms with Crippen LogP contribution in [0.4, 0.5) is 0 Å². The molecule has 128 valence electrons. The standard InChI is InChI=1S/C19H24N2O3/c1-24-17-5-3-2-4-14(17)15-10-21(19(23)12-6-7-12)11-16(15)18(22)20-13-8-9-13/h2-5,12-13,15-16H,6-11H2,1H3,(H,20,22)/t15-,16+/m0/s1. The molecule has 1 saturated heterocycles. The van der Waals surface area contributed by atoms with Gasteiger partial charge < -0.3 is 15.0 Å². The number of hydrogen-bond acceptors (Lipinski definition) is 3. The minimum absolute atomic E-state index is 0.00241. The lowest BCUT2D eigenvalue weighted by atomic mass is 9.87. The molecule has 3 aliphatic rings. The van der Waals surface area contributed by atoms with Crippen molar-refractivity contribution in [3.8, 4) is 5.75 Å². The van der Waals surface area contributed by atoms with E-state index >= 15 is 0 Å². The molecule has 1 aromatic carbocycles. The zero-order chi connectivity index (χ0) is 16.7. The summed E-state index contributed by atoms with van der Waals surface area (Å²) in [7, 11) is 1.65. The predicted molar refractivity (Wildman–Crippen MR) is 89.7 cm³/mol. The highest BCUT2D eigenvalue weighted by molar-refractivity contribution is 5.85. The normalized spacial score (nSPS) is 26.3. The summed E-state index contributed by atoms with van der Waals surface area (Å²) >= 11 is 0. The maximum atomic E-state index is 12.7. The summed E-state index contributed by atoms with van der Waals surface area (Å²) in [4.78, 5) is 27.1. The number of likely N-dealkylation sites (tertiary alicyclic amines) is 1. The van der Waals surface area contributed by atoms with Gasteiger partial charge in [0.05, 0.1) is 13.0 Å². The van der Waals surface area contributed by atoms with E-state index in [0.717, 1.165) is 37.0 Å². The van der Waals surface area contributed by atoms with E-state index in [1.807, 2.05) is 29.2 Å². The van der Waals surface area contributed by atoms with Gasteiger partial charge in [-0.2, -0.15) is 0 Å². The number of amides is 2. The molecule has 2 aliphatic carbocycles. The van der Waals surface area contributed by atoms with Gasteiger partial charge >= 0.3 is 0 Å². The number of methoxy groups -OCH3 is 1. The lowest BCUT2D eigenvalue weighted by molar-refractivity contribution is -0.132. The Balaban J connectivity index is 1.59. The van der Waals surface area contributed by atoms with Crippen molar-refractivity contribution in [1.29, 1.82) is 0 Å². The predicted octanol–water partition coefficient (Wildman–Crippen LogP) is 1.93. The number of nitrogens with one attached hydrogen (secondary N) is 1. The van der Waals surface area contributed by atoms with E-state index < -0.39 is 0 Å². The molecule has 4 rings (SSSR count). The first-order valence-electron chi connectivity index (χ1n) is 8.89. The molecular formula is C19H24N2O3. The van der Waals surface area contributed by atoms with Crippen molar-refractivity contribution in [2.75, 3.05) is 20.2 Å². The first-order valence-corrected chi connectivity index (χ1v) is 8.89. The molecule has 1 N–H and O–H groups in total. The number of nitrogens with zero attached hydrogens (tertiary/aromatic N) is 1. The Morgan fingerprint density at radius 2 is 1.88 bits per heavy atom. The fourth-order valence-corrected chi connectivity index (χ4v) is 3.66. The maximum absolute atomic E-state index is 12.7. The van der Waals surface area contributed by atoms with E-state index in [9.17, 15) is 9.59 Å². The fraction of sp³-hybridized carbons (Fsp3) is 0.579. The molecule has 1 heterocycles. The Kier molecular flexibility index (Phi) is 3.94. The second-order valence-electron chi connectivity index (χ2n) is 7.26. The van der Waals surface area contributed by atoms with Crippen LogP contribution in [0.25, 0.3) is 0 Å². The van der Waals surface area contributed by atoms with Crippen LogP contribution in [0.15, 0.2) is 24.3 Å². The molecule has 3 fully saturated rings. The van der Waals surface area contributed by atoms with Crippen LogP contribution in [0.5, 0.6) is 5.75 Å². The summed E-state index contributed by atoms with van der Waals surface area (Å²) < 4.78 is 5.50. The number of rotatable bonds is 5. The van der Waals surface area contributed by atoms with Crippen LogP contribution in [-0.2, 0) is 9.59 Å². The average molecular weight is 328 g/mol. The lowest BCUT2D eigenvalue weighted by Crippen LogP contribution is -2.37. The first kappa shape index (κ1) is 15.5. The van der Waals surface area contributed by atoms with Gasteiger partial charge in [-0.1, -0.05) is 18.2 Å². The maximum Gasteiger partial charge on any atom is 0.225 e. The third-order valence-electron chi connectivity index (χ3n) is 5.36. The third-order valence-corrected chi connectivity index (χ3v) is 5.36. The molecule has 2 atom stereocenters. The number of benzene rings is 1. The number of carbonyl (C=O) groups excluding carboxylic acids is 2. The van der Waals surface area contributed by atoms with E-state index in [4.69, 9.17) is 4.74 Å². The Morgan fingerprint density at radius 1 is 1.12 bits per heavy atom. The van der Waals surface area contributed by atoms with Crippen LogP contribution >= 0.6 is 0 Å². The molecule has 5 nitrogen and oxygen atoms in total. The molecule has 0 aromatic heterocycles. The van der Waals surface area contributed by atoms with Gasteiger partial charge in [-0.15, -0.1) is 0 Å². The topological polar surface area (TPSA) is 58.6 Å². The van der Waals surface area contributed by atoms with Crippen LogP contribution in [0, 0.1) is 11.8 Å². The monoisotopic (exact) mass is 328 g/mol. The van der Waals surface area contributed by atoms with Crippen LogP contribution in [0.3, 0.4) is 0 Å². The largest absolute Gasteiger partial charge is 0.496 e.